The zero-order valence-electron chi connectivity index (χ0n) is 19.2. The molecule has 2 amide bonds. The van der Waals surface area contributed by atoms with Gasteiger partial charge in [0.15, 0.2) is 5.92 Å². The van der Waals surface area contributed by atoms with E-state index < -0.39 is 17.8 Å². The molecule has 0 saturated carbocycles. The number of hydrogen-bond donors (Lipinski definition) is 1. The van der Waals surface area contributed by atoms with Crippen molar-refractivity contribution < 1.29 is 23.9 Å². The fourth-order valence-corrected chi connectivity index (χ4v) is 4.75. The number of fused-ring (bicyclic) bond motifs is 1. The number of thiazole rings is 1. The molecule has 9 nitrogen and oxygen atoms in total. The minimum atomic E-state index is -1.13. The number of carbonyl (C=O) groups excluding carboxylic acids is 3. The molecule has 0 radical (unpaired) electrons. The molecule has 35 heavy (non-hydrogen) atoms. The van der Waals surface area contributed by atoms with E-state index in [4.69, 9.17) is 9.47 Å². The van der Waals surface area contributed by atoms with Crippen molar-refractivity contribution >= 4 is 39.3 Å². The van der Waals surface area contributed by atoms with Crippen LogP contribution in [0.1, 0.15) is 28.2 Å². The minimum absolute atomic E-state index is 0.00817. The average molecular weight is 493 g/mol. The van der Waals surface area contributed by atoms with E-state index in [0.717, 1.165) is 15.8 Å². The minimum Gasteiger partial charge on any atom is -0.465 e. The lowest BCUT2D eigenvalue weighted by molar-refractivity contribution is -0.143. The summed E-state index contributed by atoms with van der Waals surface area (Å²) in [6.07, 6.45) is 0. The molecule has 180 valence electrons. The van der Waals surface area contributed by atoms with Gasteiger partial charge in [0.05, 0.1) is 36.1 Å². The lowest BCUT2D eigenvalue weighted by Gasteiger charge is -2.26. The summed E-state index contributed by atoms with van der Waals surface area (Å²) in [4.78, 5) is 42.8. The van der Waals surface area contributed by atoms with E-state index in [1.165, 1.54) is 11.3 Å². The van der Waals surface area contributed by atoms with Gasteiger partial charge in [-0.25, -0.2) is 4.98 Å². The summed E-state index contributed by atoms with van der Waals surface area (Å²) in [6, 6.07) is 15.1. The predicted molar refractivity (Wildman–Crippen MR) is 130 cm³/mol. The summed E-state index contributed by atoms with van der Waals surface area (Å²) in [5, 5.41) is 12.3. The highest BCUT2D eigenvalue weighted by atomic mass is 32.1. The van der Waals surface area contributed by atoms with Crippen molar-refractivity contribution in [2.45, 2.75) is 12.8 Å². The van der Waals surface area contributed by atoms with Gasteiger partial charge in [0.1, 0.15) is 11.6 Å². The summed E-state index contributed by atoms with van der Waals surface area (Å²) in [5.74, 6) is -2.30. The van der Waals surface area contributed by atoms with Crippen molar-refractivity contribution in [3.8, 4) is 17.2 Å². The topological polar surface area (TPSA) is 122 Å². The molecule has 1 aliphatic rings. The van der Waals surface area contributed by atoms with Crippen LogP contribution in [0, 0.1) is 11.3 Å². The van der Waals surface area contributed by atoms with Crippen molar-refractivity contribution in [1.82, 2.24) is 15.2 Å². The van der Waals surface area contributed by atoms with Crippen LogP contribution in [0.3, 0.4) is 0 Å². The average Bonchev–Trinajstić information content (AvgIpc) is 3.31. The van der Waals surface area contributed by atoms with Crippen LogP contribution in [-0.2, 0) is 19.1 Å². The Morgan fingerprint density at radius 1 is 1.17 bits per heavy atom. The van der Waals surface area contributed by atoms with Gasteiger partial charge in [-0.05, 0) is 42.3 Å². The monoisotopic (exact) mass is 492 g/mol. The number of rotatable bonds is 7. The first-order valence-electron chi connectivity index (χ1n) is 11.2. The number of hydrogen-bond acceptors (Lipinski definition) is 8. The van der Waals surface area contributed by atoms with Crippen LogP contribution in [-0.4, -0.2) is 67.1 Å². The van der Waals surface area contributed by atoms with Gasteiger partial charge in [0.2, 0.25) is 5.91 Å². The number of nitriles is 1. The molecule has 2 aromatic carbocycles. The first kappa shape index (κ1) is 24.3. The Labute approximate surface area is 206 Å². The Morgan fingerprint density at radius 2 is 1.89 bits per heavy atom. The molecule has 1 aromatic heterocycles. The SMILES string of the molecule is CCOC(=O)CNC(=O)C(C#N)c1nc2ccc(-c3ccc(C(=O)N4CCOCC4)cc3)cc2s1. The maximum absolute atomic E-state index is 12.7. The molecule has 0 spiro atoms. The van der Waals surface area contributed by atoms with Crippen LogP contribution in [0.15, 0.2) is 42.5 Å². The van der Waals surface area contributed by atoms with Crippen LogP contribution < -0.4 is 5.32 Å². The Hall–Kier alpha value is -3.81. The molecule has 4 rings (SSSR count). The first-order valence-corrected chi connectivity index (χ1v) is 12.0. The fraction of sp³-hybridized carbons (Fsp3) is 0.320. The van der Waals surface area contributed by atoms with Gasteiger partial charge in [-0.1, -0.05) is 18.2 Å². The second kappa shape index (κ2) is 11.1. The highest BCUT2D eigenvalue weighted by molar-refractivity contribution is 7.18. The van der Waals surface area contributed by atoms with Gasteiger partial charge in [-0.2, -0.15) is 5.26 Å². The highest BCUT2D eigenvalue weighted by Gasteiger charge is 2.25. The molecular weight excluding hydrogens is 468 g/mol. The molecule has 2 heterocycles. The molecule has 1 N–H and O–H groups in total. The maximum atomic E-state index is 12.7. The Bertz CT molecular complexity index is 1280. The number of nitrogens with zero attached hydrogens (tertiary/aromatic N) is 3. The van der Waals surface area contributed by atoms with E-state index in [9.17, 15) is 19.6 Å². The van der Waals surface area contributed by atoms with E-state index in [-0.39, 0.29) is 19.1 Å². The fourth-order valence-electron chi connectivity index (χ4n) is 3.70. The van der Waals surface area contributed by atoms with E-state index in [1.807, 2.05) is 48.5 Å². The predicted octanol–water partition coefficient (Wildman–Crippen LogP) is 2.72. The van der Waals surface area contributed by atoms with Gasteiger partial charge in [-0.3, -0.25) is 14.4 Å². The molecule has 1 unspecified atom stereocenters. The van der Waals surface area contributed by atoms with Crippen molar-refractivity contribution in [2.24, 2.45) is 0 Å². The summed E-state index contributed by atoms with van der Waals surface area (Å²) in [7, 11) is 0. The van der Waals surface area contributed by atoms with Crippen molar-refractivity contribution in [1.29, 1.82) is 5.26 Å². The second-order valence-corrected chi connectivity index (χ2v) is 8.86. The van der Waals surface area contributed by atoms with Crippen LogP contribution >= 0.6 is 11.3 Å². The van der Waals surface area contributed by atoms with Crippen LogP contribution in [0.4, 0.5) is 0 Å². The second-order valence-electron chi connectivity index (χ2n) is 7.80. The Balaban J connectivity index is 1.49. The number of nitrogens with one attached hydrogen (secondary N) is 1. The smallest absolute Gasteiger partial charge is 0.325 e. The number of aromatic nitrogens is 1. The molecule has 0 bridgehead atoms. The zero-order chi connectivity index (χ0) is 24.8. The molecule has 3 aromatic rings. The molecule has 1 fully saturated rings. The number of ether oxygens (including phenoxy) is 2. The number of amides is 2. The van der Waals surface area contributed by atoms with Gasteiger partial charge in [0, 0.05) is 18.7 Å². The number of morpholine rings is 1. The van der Waals surface area contributed by atoms with Gasteiger partial charge in [-0.15, -0.1) is 11.3 Å². The molecule has 1 atom stereocenters. The van der Waals surface area contributed by atoms with E-state index >= 15 is 0 Å². The van der Waals surface area contributed by atoms with Crippen LogP contribution in [0.5, 0.6) is 0 Å². The number of benzene rings is 2. The summed E-state index contributed by atoms with van der Waals surface area (Å²) in [5.41, 5.74) is 3.16. The van der Waals surface area contributed by atoms with Gasteiger partial charge < -0.3 is 19.7 Å². The van der Waals surface area contributed by atoms with Gasteiger partial charge >= 0.3 is 5.97 Å². The van der Waals surface area contributed by atoms with Crippen molar-refractivity contribution in [2.75, 3.05) is 39.5 Å². The lowest BCUT2D eigenvalue weighted by Crippen LogP contribution is -2.40. The van der Waals surface area contributed by atoms with Crippen LogP contribution in [0.25, 0.3) is 21.3 Å². The number of carbonyl (C=O) groups is 3. The molecule has 1 aliphatic heterocycles. The summed E-state index contributed by atoms with van der Waals surface area (Å²) < 4.78 is 10.9. The Kier molecular flexibility index (Phi) is 7.70. The normalized spacial score (nSPS) is 14.2. The van der Waals surface area contributed by atoms with E-state index in [0.29, 0.717) is 42.4 Å². The largest absolute Gasteiger partial charge is 0.465 e. The summed E-state index contributed by atoms with van der Waals surface area (Å²) in [6.45, 7) is 3.88. The third-order valence-corrected chi connectivity index (χ3v) is 6.60. The van der Waals surface area contributed by atoms with Crippen LogP contribution in [0.2, 0.25) is 0 Å². The first-order chi connectivity index (χ1) is 17.0. The number of esters is 1. The Morgan fingerprint density at radius 3 is 2.57 bits per heavy atom. The van der Waals surface area contributed by atoms with Crippen molar-refractivity contribution in [3.05, 3.63) is 53.0 Å². The lowest BCUT2D eigenvalue weighted by atomic mass is 10.0. The summed E-state index contributed by atoms with van der Waals surface area (Å²) >= 11 is 1.26. The molecule has 10 heteroatoms. The quantitative estimate of drug-likeness (QED) is 0.503. The third-order valence-electron chi connectivity index (χ3n) is 5.52. The molecular formula is C25H24N4O5S. The highest BCUT2D eigenvalue weighted by Crippen LogP contribution is 2.31. The third kappa shape index (κ3) is 5.65. The maximum Gasteiger partial charge on any atom is 0.325 e. The standard InChI is InChI=1S/C25H24N4O5S/c1-2-34-22(30)15-27-23(31)19(14-26)24-28-20-8-7-18(13-21(20)35-24)16-3-5-17(6-4-16)25(32)29-9-11-33-12-10-29/h3-8,13,19H,2,9-12,15H2,1H3,(H,27,31). The van der Waals surface area contributed by atoms with E-state index in [1.54, 1.807) is 11.8 Å². The molecule has 1 saturated heterocycles. The van der Waals surface area contributed by atoms with Gasteiger partial charge in [0.25, 0.3) is 5.91 Å². The molecule has 0 aliphatic carbocycles. The van der Waals surface area contributed by atoms with Crippen molar-refractivity contribution in [3.63, 3.8) is 0 Å². The zero-order valence-corrected chi connectivity index (χ0v) is 20.0. The van der Waals surface area contributed by atoms with E-state index in [2.05, 4.69) is 10.3 Å².